The Morgan fingerprint density at radius 2 is 1.12 bits per heavy atom. The Hall–Kier alpha value is -2.02. The van der Waals surface area contributed by atoms with Crippen LogP contribution in [0.2, 0.25) is 0 Å². The average Bonchev–Trinajstić information content (AvgIpc) is 2.77. The number of hydrogen-bond acceptors (Lipinski definition) is 4. The van der Waals surface area contributed by atoms with Crippen molar-refractivity contribution in [3.63, 3.8) is 0 Å². The smallest absolute Gasteiger partial charge is 0.327 e. The van der Waals surface area contributed by atoms with Gasteiger partial charge in [0, 0.05) is 37.1 Å². The van der Waals surface area contributed by atoms with Crippen LogP contribution in [0.1, 0.15) is 12.8 Å². The fourth-order valence-corrected chi connectivity index (χ4v) is 4.15. The maximum Gasteiger partial charge on any atom is 0.327 e. The molecule has 0 aliphatic rings. The van der Waals surface area contributed by atoms with E-state index in [0.717, 1.165) is 28.8 Å². The highest BCUT2D eigenvalue weighted by molar-refractivity contribution is 7.51. The second kappa shape index (κ2) is 11.7. The van der Waals surface area contributed by atoms with Crippen molar-refractivity contribution in [3.05, 3.63) is 73.3 Å². The second-order valence-corrected chi connectivity index (χ2v) is 9.95. The van der Waals surface area contributed by atoms with Gasteiger partial charge in [-0.05, 0) is 22.3 Å². The monoisotopic (exact) mass is 478 g/mol. The minimum Gasteiger partial charge on any atom is -0.328 e. The Morgan fingerprint density at radius 3 is 1.53 bits per heavy atom. The molecule has 0 aliphatic carbocycles. The molecule has 0 unspecified atom stereocenters. The molecule has 32 heavy (non-hydrogen) atoms. The molecule has 3 rings (SSSR count). The zero-order chi connectivity index (χ0) is 23.0. The van der Waals surface area contributed by atoms with Gasteiger partial charge >= 0.3 is 16.2 Å². The van der Waals surface area contributed by atoms with Crippen molar-refractivity contribution in [1.29, 1.82) is 0 Å². The lowest BCUT2D eigenvalue weighted by molar-refractivity contribution is -0.697. The normalized spacial score (nSPS) is 11.8. The average molecular weight is 478 g/mol. The van der Waals surface area contributed by atoms with Crippen molar-refractivity contribution in [2.24, 2.45) is 0 Å². The Kier molecular flexibility index (Phi) is 9.02. The van der Waals surface area contributed by atoms with Crippen molar-refractivity contribution in [3.8, 4) is 22.3 Å². The summed E-state index contributed by atoms with van der Waals surface area (Å²) < 4.78 is 19.7. The fourth-order valence-electron chi connectivity index (χ4n) is 3.31. The van der Waals surface area contributed by atoms with E-state index < -0.39 is 16.2 Å². The standard InChI is InChI=1S/C22H26N2O6P2/c25-31(26)30-17-1-11-23-13-7-21(8-14-23)19-3-5-20(6-4-19)22-9-15-24(16-10-22)12-2-18-32(27,28)29/h3-10,13-16,25-26H,1-2,11-12,17-18H2/p+2. The van der Waals surface area contributed by atoms with E-state index in [1.807, 2.05) is 58.2 Å². The van der Waals surface area contributed by atoms with E-state index in [0.29, 0.717) is 26.0 Å². The number of hydrogen-bond donors (Lipinski definition) is 4. The van der Waals surface area contributed by atoms with Crippen LogP contribution in [0.15, 0.2) is 73.3 Å². The van der Waals surface area contributed by atoms with Crippen molar-refractivity contribution >= 4 is 16.2 Å². The maximum atomic E-state index is 10.9. The van der Waals surface area contributed by atoms with E-state index in [4.69, 9.17) is 24.1 Å². The molecule has 170 valence electrons. The molecule has 0 amide bonds. The summed E-state index contributed by atoms with van der Waals surface area (Å²) in [5.41, 5.74) is 4.38. The third kappa shape index (κ3) is 8.15. The quantitative estimate of drug-likeness (QED) is 0.191. The maximum absolute atomic E-state index is 10.9. The number of pyridine rings is 2. The zero-order valence-electron chi connectivity index (χ0n) is 17.6. The fraction of sp³-hybridized carbons (Fsp3) is 0.273. The molecule has 0 saturated heterocycles. The van der Waals surface area contributed by atoms with Gasteiger partial charge in [-0.25, -0.2) is 9.13 Å². The molecule has 0 fully saturated rings. The number of aromatic nitrogens is 2. The van der Waals surface area contributed by atoms with Gasteiger partial charge in [-0.2, -0.15) is 0 Å². The first-order chi connectivity index (χ1) is 15.3. The second-order valence-electron chi connectivity index (χ2n) is 7.41. The SMILES string of the molecule is O=P(O)(O)CCC[n+]1ccc(-c2ccc(-c3cc[n+](CCCOP(O)O)cc3)cc2)cc1. The van der Waals surface area contributed by atoms with E-state index in [1.54, 1.807) is 0 Å². The highest BCUT2D eigenvalue weighted by atomic mass is 31.2. The Morgan fingerprint density at radius 1 is 0.719 bits per heavy atom. The van der Waals surface area contributed by atoms with Gasteiger partial charge in [-0.1, -0.05) is 24.3 Å². The molecular formula is C22H28N2O6P2+2. The van der Waals surface area contributed by atoms with Crippen LogP contribution in [0.5, 0.6) is 0 Å². The largest absolute Gasteiger partial charge is 0.328 e. The van der Waals surface area contributed by atoms with Crippen molar-refractivity contribution in [1.82, 2.24) is 0 Å². The van der Waals surface area contributed by atoms with E-state index in [-0.39, 0.29) is 6.16 Å². The third-order valence-electron chi connectivity index (χ3n) is 4.97. The van der Waals surface area contributed by atoms with Crippen LogP contribution in [0.4, 0.5) is 0 Å². The first-order valence-corrected chi connectivity index (χ1v) is 13.2. The molecule has 0 radical (unpaired) electrons. The lowest BCUT2D eigenvalue weighted by Gasteiger charge is -2.05. The van der Waals surface area contributed by atoms with Crippen LogP contribution in [0, 0.1) is 0 Å². The number of nitrogens with zero attached hydrogens (tertiary/aromatic N) is 2. The van der Waals surface area contributed by atoms with Crippen LogP contribution in [0.3, 0.4) is 0 Å². The van der Waals surface area contributed by atoms with Crippen LogP contribution in [-0.4, -0.2) is 32.3 Å². The van der Waals surface area contributed by atoms with Gasteiger partial charge in [-0.15, -0.1) is 0 Å². The van der Waals surface area contributed by atoms with E-state index in [2.05, 4.69) is 24.3 Å². The molecule has 2 aromatic heterocycles. The topological polar surface area (TPSA) is 115 Å². The molecule has 4 N–H and O–H groups in total. The van der Waals surface area contributed by atoms with Gasteiger partial charge in [0.05, 0.1) is 12.8 Å². The van der Waals surface area contributed by atoms with Crippen LogP contribution >= 0.6 is 16.2 Å². The molecule has 1 aromatic carbocycles. The van der Waals surface area contributed by atoms with Gasteiger partial charge in [0.15, 0.2) is 31.3 Å². The first-order valence-electron chi connectivity index (χ1n) is 10.2. The third-order valence-corrected chi connectivity index (χ3v) is 6.28. The first kappa shape index (κ1) is 24.6. The van der Waals surface area contributed by atoms with Crippen molar-refractivity contribution in [2.75, 3.05) is 12.8 Å². The Bertz CT molecular complexity index is 1020. The summed E-state index contributed by atoms with van der Waals surface area (Å²) in [6.07, 6.45) is 8.85. The molecule has 3 aromatic rings. The summed E-state index contributed by atoms with van der Waals surface area (Å²) in [6, 6.07) is 16.4. The molecule has 0 atom stereocenters. The minimum atomic E-state index is -3.94. The highest BCUT2D eigenvalue weighted by Gasteiger charge is 2.13. The number of aryl methyl sites for hydroxylation is 2. The van der Waals surface area contributed by atoms with Gasteiger partial charge in [0.1, 0.15) is 6.54 Å². The van der Waals surface area contributed by atoms with E-state index in [1.165, 1.54) is 0 Å². The molecular weight excluding hydrogens is 450 g/mol. The molecule has 0 aliphatic heterocycles. The summed E-state index contributed by atoms with van der Waals surface area (Å²) in [4.78, 5) is 35.4. The predicted molar refractivity (Wildman–Crippen MR) is 121 cm³/mol. The summed E-state index contributed by atoms with van der Waals surface area (Å²) in [7, 11) is -6.22. The Balaban J connectivity index is 1.56. The van der Waals surface area contributed by atoms with E-state index in [9.17, 15) is 4.57 Å². The number of rotatable bonds is 11. The highest BCUT2D eigenvalue weighted by Crippen LogP contribution is 2.34. The summed E-state index contributed by atoms with van der Waals surface area (Å²) in [5, 5.41) is 0. The van der Waals surface area contributed by atoms with Crippen LogP contribution < -0.4 is 9.13 Å². The summed E-state index contributed by atoms with van der Waals surface area (Å²) >= 11 is 0. The predicted octanol–water partition coefficient (Wildman–Crippen LogP) is 2.78. The van der Waals surface area contributed by atoms with Crippen molar-refractivity contribution in [2.45, 2.75) is 25.9 Å². The number of benzene rings is 1. The van der Waals surface area contributed by atoms with Crippen molar-refractivity contribution < 1.29 is 37.8 Å². The summed E-state index contributed by atoms with van der Waals surface area (Å²) in [6.45, 7) is 1.60. The van der Waals surface area contributed by atoms with Gasteiger partial charge < -0.3 is 24.1 Å². The van der Waals surface area contributed by atoms with E-state index >= 15 is 0 Å². The Labute approximate surface area is 188 Å². The summed E-state index contributed by atoms with van der Waals surface area (Å²) in [5.74, 6) is 0. The molecule has 0 saturated carbocycles. The van der Waals surface area contributed by atoms with Gasteiger partial charge in [0.25, 0.3) is 0 Å². The van der Waals surface area contributed by atoms with Gasteiger partial charge in [-0.3, -0.25) is 4.57 Å². The minimum absolute atomic E-state index is 0.106. The molecule has 0 spiro atoms. The lowest BCUT2D eigenvalue weighted by Crippen LogP contribution is -2.32. The van der Waals surface area contributed by atoms with Gasteiger partial charge in [0.2, 0.25) is 0 Å². The molecule has 8 nitrogen and oxygen atoms in total. The zero-order valence-corrected chi connectivity index (χ0v) is 19.4. The molecule has 0 bridgehead atoms. The van der Waals surface area contributed by atoms with Crippen LogP contribution in [0.25, 0.3) is 22.3 Å². The molecule has 10 heteroatoms. The van der Waals surface area contributed by atoms with Crippen LogP contribution in [-0.2, 0) is 22.2 Å². The lowest BCUT2D eigenvalue weighted by atomic mass is 10.0. The molecule has 2 heterocycles.